The summed E-state index contributed by atoms with van der Waals surface area (Å²) in [7, 11) is 0. The predicted octanol–water partition coefficient (Wildman–Crippen LogP) is 4.06. The number of hydrogen-bond donors (Lipinski definition) is 1. The van der Waals surface area contributed by atoms with Crippen LogP contribution >= 0.6 is 11.3 Å². The van der Waals surface area contributed by atoms with Crippen LogP contribution in [0.2, 0.25) is 0 Å². The first kappa shape index (κ1) is 16.2. The van der Waals surface area contributed by atoms with Gasteiger partial charge in [-0.05, 0) is 30.2 Å². The molecule has 2 heterocycles. The maximum absolute atomic E-state index is 11.2. The molecule has 0 aliphatic carbocycles. The van der Waals surface area contributed by atoms with Crippen molar-refractivity contribution in [2.24, 2.45) is 0 Å². The summed E-state index contributed by atoms with van der Waals surface area (Å²) in [4.78, 5) is 16.9. The molecule has 0 radical (unpaired) electrons. The fourth-order valence-electron chi connectivity index (χ4n) is 2.75. The van der Waals surface area contributed by atoms with Gasteiger partial charge in [-0.15, -0.1) is 16.4 Å². The lowest BCUT2D eigenvalue weighted by Crippen LogP contribution is -2.07. The highest BCUT2D eigenvalue weighted by atomic mass is 32.1. The van der Waals surface area contributed by atoms with Crippen molar-refractivity contribution in [2.45, 2.75) is 6.92 Å². The highest BCUT2D eigenvalue weighted by Crippen LogP contribution is 2.34. The maximum atomic E-state index is 11.2. The van der Waals surface area contributed by atoms with Gasteiger partial charge in [0.2, 0.25) is 0 Å². The molecular weight excluding hydrogens is 348 g/mol. The van der Waals surface area contributed by atoms with Crippen LogP contribution in [0.5, 0.6) is 0 Å². The summed E-state index contributed by atoms with van der Waals surface area (Å²) >= 11 is 1.66. The van der Waals surface area contributed by atoms with Crippen LogP contribution in [0.3, 0.4) is 0 Å². The number of thiazole rings is 1. The fourth-order valence-corrected chi connectivity index (χ4v) is 3.56. The van der Waals surface area contributed by atoms with Crippen LogP contribution in [-0.4, -0.2) is 31.1 Å². The molecule has 0 spiro atoms. The fraction of sp³-hybridized carbons (Fsp3) is 0.0526. The van der Waals surface area contributed by atoms with E-state index in [0.717, 1.165) is 26.6 Å². The lowest BCUT2D eigenvalue weighted by molar-refractivity contribution is 0.0687. The molecule has 0 saturated carbocycles. The zero-order chi connectivity index (χ0) is 18.1. The standard InChI is InChI=1S/C19H14N4O2S/c1-12-10-20-18(26-12)16-5-3-2-4-15(16)13-6-8-14(9-7-13)23-17(19(24)25)11-21-22-23/h2-11H,1H3,(H,24,25). The van der Waals surface area contributed by atoms with E-state index in [0.29, 0.717) is 5.69 Å². The van der Waals surface area contributed by atoms with Gasteiger partial charge in [-0.25, -0.2) is 14.5 Å². The van der Waals surface area contributed by atoms with Crippen LogP contribution < -0.4 is 0 Å². The molecule has 0 aliphatic heterocycles. The van der Waals surface area contributed by atoms with Gasteiger partial charge in [0.15, 0.2) is 5.69 Å². The van der Waals surface area contributed by atoms with Crippen LogP contribution in [-0.2, 0) is 0 Å². The molecule has 2 aromatic heterocycles. The second kappa shape index (κ2) is 6.53. The second-order valence-electron chi connectivity index (χ2n) is 5.70. The van der Waals surface area contributed by atoms with Crippen LogP contribution in [0.15, 0.2) is 60.9 Å². The first-order valence-electron chi connectivity index (χ1n) is 7.90. The Balaban J connectivity index is 1.75. The van der Waals surface area contributed by atoms with Gasteiger partial charge in [-0.1, -0.05) is 41.6 Å². The summed E-state index contributed by atoms with van der Waals surface area (Å²) in [5.41, 5.74) is 3.84. The highest BCUT2D eigenvalue weighted by molar-refractivity contribution is 7.15. The number of aromatic nitrogens is 4. The zero-order valence-corrected chi connectivity index (χ0v) is 14.6. The minimum Gasteiger partial charge on any atom is -0.476 e. The van der Waals surface area contributed by atoms with Crippen molar-refractivity contribution < 1.29 is 9.90 Å². The smallest absolute Gasteiger partial charge is 0.356 e. The number of hydrogen-bond acceptors (Lipinski definition) is 5. The quantitative estimate of drug-likeness (QED) is 0.592. The monoisotopic (exact) mass is 362 g/mol. The van der Waals surface area contributed by atoms with Gasteiger partial charge in [0, 0.05) is 16.6 Å². The molecule has 0 atom stereocenters. The first-order chi connectivity index (χ1) is 12.6. The molecule has 0 aliphatic rings. The van der Waals surface area contributed by atoms with Gasteiger partial charge in [-0.3, -0.25) is 0 Å². The summed E-state index contributed by atoms with van der Waals surface area (Å²) in [6.45, 7) is 2.04. The first-order valence-corrected chi connectivity index (χ1v) is 8.72. The Hall–Kier alpha value is -3.32. The van der Waals surface area contributed by atoms with Gasteiger partial charge < -0.3 is 5.11 Å². The third-order valence-electron chi connectivity index (χ3n) is 3.97. The third kappa shape index (κ3) is 2.89. The Morgan fingerprint density at radius 2 is 1.77 bits per heavy atom. The molecule has 0 bridgehead atoms. The SMILES string of the molecule is Cc1cnc(-c2ccccc2-c2ccc(-n3nncc3C(=O)O)cc2)s1. The average molecular weight is 362 g/mol. The number of aryl methyl sites for hydroxylation is 1. The Kier molecular flexibility index (Phi) is 4.06. The molecule has 26 heavy (non-hydrogen) atoms. The molecule has 2 aromatic carbocycles. The van der Waals surface area contributed by atoms with E-state index >= 15 is 0 Å². The molecule has 4 aromatic rings. The predicted molar refractivity (Wildman–Crippen MR) is 99.6 cm³/mol. The molecular formula is C19H14N4O2S. The molecule has 0 saturated heterocycles. The van der Waals surface area contributed by atoms with Crippen molar-refractivity contribution in [3.63, 3.8) is 0 Å². The number of aromatic carboxylic acids is 1. The number of benzene rings is 2. The normalized spacial score (nSPS) is 10.8. The van der Waals surface area contributed by atoms with E-state index < -0.39 is 5.97 Å². The van der Waals surface area contributed by atoms with Crippen molar-refractivity contribution in [3.05, 3.63) is 71.5 Å². The van der Waals surface area contributed by atoms with Crippen molar-refractivity contribution in [2.75, 3.05) is 0 Å². The van der Waals surface area contributed by atoms with Gasteiger partial charge >= 0.3 is 5.97 Å². The van der Waals surface area contributed by atoms with Crippen LogP contribution in [0.1, 0.15) is 15.4 Å². The van der Waals surface area contributed by atoms with Gasteiger partial charge in [0.25, 0.3) is 0 Å². The minimum atomic E-state index is -1.07. The van der Waals surface area contributed by atoms with E-state index in [1.807, 2.05) is 49.5 Å². The molecule has 4 rings (SSSR count). The number of rotatable bonds is 4. The highest BCUT2D eigenvalue weighted by Gasteiger charge is 2.14. The van der Waals surface area contributed by atoms with E-state index in [9.17, 15) is 9.90 Å². The molecule has 1 N–H and O–H groups in total. The minimum absolute atomic E-state index is 0.0245. The lowest BCUT2D eigenvalue weighted by Gasteiger charge is -2.09. The summed E-state index contributed by atoms with van der Waals surface area (Å²) in [5, 5.41) is 17.7. The van der Waals surface area contributed by atoms with Crippen molar-refractivity contribution >= 4 is 17.3 Å². The summed E-state index contributed by atoms with van der Waals surface area (Å²) in [5.74, 6) is -1.07. The molecule has 128 valence electrons. The Morgan fingerprint density at radius 3 is 2.42 bits per heavy atom. The number of carboxylic acids is 1. The summed E-state index contributed by atoms with van der Waals surface area (Å²) < 4.78 is 1.31. The molecule has 6 nitrogen and oxygen atoms in total. The van der Waals surface area contributed by atoms with Crippen LogP contribution in [0, 0.1) is 6.92 Å². The van der Waals surface area contributed by atoms with Gasteiger partial charge in [-0.2, -0.15) is 0 Å². The average Bonchev–Trinajstić information content (AvgIpc) is 3.31. The Labute approximate surface area is 153 Å². The number of carboxylic acid groups (broad SMARTS) is 1. The summed E-state index contributed by atoms with van der Waals surface area (Å²) in [6, 6.07) is 15.7. The van der Waals surface area contributed by atoms with Crippen molar-refractivity contribution in [1.29, 1.82) is 0 Å². The van der Waals surface area contributed by atoms with Crippen LogP contribution in [0.25, 0.3) is 27.4 Å². The molecule has 0 fully saturated rings. The largest absolute Gasteiger partial charge is 0.476 e. The zero-order valence-electron chi connectivity index (χ0n) is 13.8. The molecule has 7 heteroatoms. The van der Waals surface area contributed by atoms with E-state index in [4.69, 9.17) is 0 Å². The van der Waals surface area contributed by atoms with Gasteiger partial charge in [0.1, 0.15) is 5.01 Å². The lowest BCUT2D eigenvalue weighted by atomic mass is 10.00. The van der Waals surface area contributed by atoms with E-state index in [2.05, 4.69) is 27.4 Å². The topological polar surface area (TPSA) is 80.9 Å². The van der Waals surface area contributed by atoms with E-state index in [1.165, 1.54) is 10.9 Å². The van der Waals surface area contributed by atoms with Gasteiger partial charge in [0.05, 0.1) is 11.9 Å². The third-order valence-corrected chi connectivity index (χ3v) is 4.92. The maximum Gasteiger partial charge on any atom is 0.356 e. The van der Waals surface area contributed by atoms with E-state index in [-0.39, 0.29) is 5.69 Å². The van der Waals surface area contributed by atoms with Crippen molar-refractivity contribution in [3.8, 4) is 27.4 Å². The summed E-state index contributed by atoms with van der Waals surface area (Å²) in [6.07, 6.45) is 3.11. The second-order valence-corrected chi connectivity index (χ2v) is 6.94. The van der Waals surface area contributed by atoms with Crippen molar-refractivity contribution in [1.82, 2.24) is 20.0 Å². The number of carbonyl (C=O) groups is 1. The molecule has 0 amide bonds. The number of nitrogens with zero attached hydrogens (tertiary/aromatic N) is 4. The van der Waals surface area contributed by atoms with E-state index in [1.54, 1.807) is 11.3 Å². The van der Waals surface area contributed by atoms with Crippen LogP contribution in [0.4, 0.5) is 0 Å². The Morgan fingerprint density at radius 1 is 1.04 bits per heavy atom. The molecule has 0 unspecified atom stereocenters. The Bertz CT molecular complexity index is 1080.